The number of hydrogen-bond acceptors (Lipinski definition) is 3. The highest BCUT2D eigenvalue weighted by molar-refractivity contribution is 5.44. The van der Waals surface area contributed by atoms with Crippen LogP contribution < -0.4 is 9.47 Å². The van der Waals surface area contributed by atoms with Crippen LogP contribution in [0.15, 0.2) is 61.2 Å². The van der Waals surface area contributed by atoms with Crippen LogP contribution >= 0.6 is 0 Å². The molecular weight excluding hydrogens is 288 g/mol. The fraction of sp³-hybridized carbons (Fsp3) is 0.300. The Balaban J connectivity index is 2.04. The van der Waals surface area contributed by atoms with E-state index in [-0.39, 0.29) is 11.5 Å². The summed E-state index contributed by atoms with van der Waals surface area (Å²) in [6, 6.07) is 16.5. The van der Waals surface area contributed by atoms with E-state index in [1.54, 1.807) is 14.2 Å². The van der Waals surface area contributed by atoms with Crippen molar-refractivity contribution in [3.63, 3.8) is 0 Å². The molecule has 3 heteroatoms. The van der Waals surface area contributed by atoms with Gasteiger partial charge in [-0.25, -0.2) is 0 Å². The molecule has 1 atom stereocenters. The minimum atomic E-state index is -0.169. The van der Waals surface area contributed by atoms with E-state index >= 15 is 0 Å². The monoisotopic (exact) mass is 310 g/mol. The van der Waals surface area contributed by atoms with E-state index in [1.165, 1.54) is 11.1 Å². The summed E-state index contributed by atoms with van der Waals surface area (Å²) in [6.07, 6.45) is 2.84. The summed E-state index contributed by atoms with van der Waals surface area (Å²) in [6.45, 7) is 4.53. The molecule has 0 aliphatic carbocycles. The summed E-state index contributed by atoms with van der Waals surface area (Å²) >= 11 is 0. The van der Waals surface area contributed by atoms with Gasteiger partial charge in [-0.3, -0.25) is 0 Å². The van der Waals surface area contributed by atoms with Gasteiger partial charge in [0.15, 0.2) is 0 Å². The molecule has 3 rings (SSSR count). The summed E-state index contributed by atoms with van der Waals surface area (Å²) in [5.74, 6) is 1.72. The lowest BCUT2D eigenvalue weighted by atomic mass is 9.73. The third kappa shape index (κ3) is 2.84. The molecule has 0 spiro atoms. The van der Waals surface area contributed by atoms with Crippen molar-refractivity contribution in [1.82, 2.24) is 0 Å². The Bertz CT molecular complexity index is 611. The van der Waals surface area contributed by atoms with Crippen LogP contribution in [0, 0.1) is 0 Å². The Kier molecular flexibility index (Phi) is 4.39. The highest BCUT2D eigenvalue weighted by Crippen LogP contribution is 2.43. The average molecular weight is 310 g/mol. The maximum Gasteiger partial charge on any atom is 0.118 e. The molecule has 23 heavy (non-hydrogen) atoms. The zero-order valence-electron chi connectivity index (χ0n) is 13.6. The summed E-state index contributed by atoms with van der Waals surface area (Å²) in [7, 11) is 3.36. The van der Waals surface area contributed by atoms with Gasteiger partial charge >= 0.3 is 0 Å². The smallest absolute Gasteiger partial charge is 0.118 e. The molecule has 0 amide bonds. The molecule has 0 radical (unpaired) electrons. The Morgan fingerprint density at radius 3 is 1.78 bits per heavy atom. The van der Waals surface area contributed by atoms with E-state index in [4.69, 9.17) is 14.2 Å². The zero-order valence-corrected chi connectivity index (χ0v) is 13.6. The van der Waals surface area contributed by atoms with Crippen molar-refractivity contribution in [2.24, 2.45) is 0 Å². The summed E-state index contributed by atoms with van der Waals surface area (Å²) in [4.78, 5) is 0. The highest BCUT2D eigenvalue weighted by atomic mass is 16.5. The van der Waals surface area contributed by atoms with E-state index in [2.05, 4.69) is 30.8 Å². The molecule has 3 nitrogen and oxygen atoms in total. The number of rotatable bonds is 5. The van der Waals surface area contributed by atoms with Crippen LogP contribution in [-0.4, -0.2) is 26.9 Å². The Hall–Kier alpha value is -2.26. The van der Waals surface area contributed by atoms with Crippen LogP contribution in [0.2, 0.25) is 0 Å². The molecule has 2 aromatic rings. The first kappa shape index (κ1) is 15.6. The second-order valence-electron chi connectivity index (χ2n) is 5.83. The number of ether oxygens (including phenoxy) is 3. The van der Waals surface area contributed by atoms with Gasteiger partial charge in [0, 0.05) is 5.41 Å². The minimum Gasteiger partial charge on any atom is -0.497 e. The van der Waals surface area contributed by atoms with Gasteiger partial charge < -0.3 is 14.2 Å². The molecule has 0 N–H and O–H groups in total. The molecular formula is C20H22O3. The number of methoxy groups -OCH3 is 2. The van der Waals surface area contributed by atoms with E-state index in [0.717, 1.165) is 17.9 Å². The fourth-order valence-electron chi connectivity index (χ4n) is 3.25. The second kappa shape index (κ2) is 6.47. The van der Waals surface area contributed by atoms with E-state index in [1.807, 2.05) is 30.3 Å². The first-order valence-corrected chi connectivity index (χ1v) is 7.75. The number of benzene rings is 2. The molecule has 2 aromatic carbocycles. The Morgan fingerprint density at radius 1 is 0.957 bits per heavy atom. The first-order valence-electron chi connectivity index (χ1n) is 7.75. The Labute approximate surface area is 137 Å². The molecule has 0 unspecified atom stereocenters. The second-order valence-corrected chi connectivity index (χ2v) is 5.83. The fourth-order valence-corrected chi connectivity index (χ4v) is 3.25. The molecule has 0 bridgehead atoms. The zero-order chi connectivity index (χ0) is 16.3. The van der Waals surface area contributed by atoms with Crippen LogP contribution in [0.4, 0.5) is 0 Å². The van der Waals surface area contributed by atoms with Gasteiger partial charge in [-0.1, -0.05) is 30.3 Å². The molecule has 0 aromatic heterocycles. The van der Waals surface area contributed by atoms with Crippen molar-refractivity contribution in [3.8, 4) is 11.5 Å². The normalized spacial score (nSPS) is 19.3. The summed E-state index contributed by atoms with van der Waals surface area (Å²) in [5.41, 5.74) is 2.29. The maximum atomic E-state index is 5.96. The van der Waals surface area contributed by atoms with Crippen molar-refractivity contribution in [2.75, 3.05) is 20.8 Å². The van der Waals surface area contributed by atoms with Gasteiger partial charge in [0.2, 0.25) is 0 Å². The molecule has 1 fully saturated rings. The molecule has 120 valence electrons. The van der Waals surface area contributed by atoms with Crippen molar-refractivity contribution in [1.29, 1.82) is 0 Å². The molecule has 0 saturated carbocycles. The molecule has 1 aliphatic heterocycles. The van der Waals surface area contributed by atoms with Gasteiger partial charge in [0.05, 0.1) is 26.9 Å². The van der Waals surface area contributed by atoms with Crippen LogP contribution in [-0.2, 0) is 10.2 Å². The standard InChI is InChI=1S/C20H22O3/c1-4-17-13-20(14-23-17,15-5-9-18(21-2)10-6-15)16-7-11-19(22-3)12-8-16/h4-12,17H,1,13-14H2,2-3H3/t17-/m1/s1. The lowest BCUT2D eigenvalue weighted by Gasteiger charge is -2.29. The van der Waals surface area contributed by atoms with Crippen molar-refractivity contribution < 1.29 is 14.2 Å². The van der Waals surface area contributed by atoms with Crippen LogP contribution in [0.5, 0.6) is 11.5 Å². The van der Waals surface area contributed by atoms with Gasteiger partial charge in [-0.2, -0.15) is 0 Å². The third-order valence-electron chi connectivity index (χ3n) is 4.64. The number of hydrogen-bond donors (Lipinski definition) is 0. The van der Waals surface area contributed by atoms with Crippen molar-refractivity contribution in [3.05, 3.63) is 72.3 Å². The summed E-state index contributed by atoms with van der Waals surface area (Å²) in [5, 5.41) is 0. The highest BCUT2D eigenvalue weighted by Gasteiger charge is 2.42. The molecule has 1 saturated heterocycles. The van der Waals surface area contributed by atoms with Crippen molar-refractivity contribution >= 4 is 0 Å². The minimum absolute atomic E-state index is 0.0687. The molecule has 1 aliphatic rings. The van der Waals surface area contributed by atoms with Crippen LogP contribution in [0.25, 0.3) is 0 Å². The summed E-state index contributed by atoms with van der Waals surface area (Å²) < 4.78 is 16.5. The van der Waals surface area contributed by atoms with Gasteiger partial charge in [-0.15, -0.1) is 6.58 Å². The predicted molar refractivity (Wildman–Crippen MR) is 91.3 cm³/mol. The largest absolute Gasteiger partial charge is 0.497 e. The maximum absolute atomic E-state index is 5.96. The van der Waals surface area contributed by atoms with E-state index in [9.17, 15) is 0 Å². The van der Waals surface area contributed by atoms with Crippen molar-refractivity contribution in [2.45, 2.75) is 17.9 Å². The topological polar surface area (TPSA) is 27.7 Å². The van der Waals surface area contributed by atoms with Crippen LogP contribution in [0.3, 0.4) is 0 Å². The Morgan fingerprint density at radius 2 is 1.43 bits per heavy atom. The predicted octanol–water partition coefficient (Wildman–Crippen LogP) is 3.96. The van der Waals surface area contributed by atoms with E-state index < -0.39 is 0 Å². The average Bonchev–Trinajstić information content (AvgIpc) is 3.07. The SMILES string of the molecule is C=C[C@@H]1CC(c2ccc(OC)cc2)(c2ccc(OC)cc2)CO1. The first-order chi connectivity index (χ1) is 11.2. The molecule has 1 heterocycles. The lowest BCUT2D eigenvalue weighted by Crippen LogP contribution is -2.28. The van der Waals surface area contributed by atoms with Gasteiger partial charge in [0.25, 0.3) is 0 Å². The van der Waals surface area contributed by atoms with Crippen LogP contribution in [0.1, 0.15) is 17.5 Å². The van der Waals surface area contributed by atoms with Gasteiger partial charge in [0.1, 0.15) is 11.5 Å². The van der Waals surface area contributed by atoms with E-state index in [0.29, 0.717) is 6.61 Å². The quantitative estimate of drug-likeness (QED) is 0.782. The van der Waals surface area contributed by atoms with Gasteiger partial charge in [-0.05, 0) is 41.8 Å². The third-order valence-corrected chi connectivity index (χ3v) is 4.64. The lowest BCUT2D eigenvalue weighted by molar-refractivity contribution is 0.138.